The molecule has 0 bridgehead atoms. The van der Waals surface area contributed by atoms with Crippen LogP contribution in [0.15, 0.2) is 18.2 Å². The Hall–Kier alpha value is -2.22. The van der Waals surface area contributed by atoms with Crippen molar-refractivity contribution in [1.82, 2.24) is 4.90 Å². The minimum absolute atomic E-state index is 0.0981. The zero-order chi connectivity index (χ0) is 16.2. The Kier molecular flexibility index (Phi) is 5.20. The van der Waals surface area contributed by atoms with Crippen molar-refractivity contribution in [2.75, 3.05) is 32.5 Å². The van der Waals surface area contributed by atoms with E-state index < -0.39 is 9.85 Å². The molecule has 0 saturated carbocycles. The first-order valence-corrected chi connectivity index (χ1v) is 6.44. The lowest BCUT2D eigenvalue weighted by Gasteiger charge is -2.28. The van der Waals surface area contributed by atoms with Crippen molar-refractivity contribution < 1.29 is 9.85 Å². The zero-order valence-corrected chi connectivity index (χ0v) is 12.6. The van der Waals surface area contributed by atoms with Crippen LogP contribution in [0.2, 0.25) is 0 Å². The molecule has 0 unspecified atom stereocenters. The molecule has 0 aliphatic rings. The zero-order valence-electron chi connectivity index (χ0n) is 12.6. The first kappa shape index (κ1) is 16.8. The molecule has 0 aromatic heterocycles. The number of hydrogen-bond acceptors (Lipinski definition) is 6. The van der Waals surface area contributed by atoms with Gasteiger partial charge < -0.3 is 10.2 Å². The molecule has 0 amide bonds. The average molecular weight is 296 g/mol. The number of rotatable bonds is 7. The number of nitro benzene ring substituents is 2. The van der Waals surface area contributed by atoms with Gasteiger partial charge in [0.25, 0.3) is 11.4 Å². The fraction of sp³-hybridized carbons (Fsp3) is 0.538. The van der Waals surface area contributed by atoms with Crippen molar-refractivity contribution in [1.29, 1.82) is 0 Å². The number of nitro groups is 2. The summed E-state index contributed by atoms with van der Waals surface area (Å²) in [6, 6.07) is 3.61. The molecule has 0 aliphatic heterocycles. The van der Waals surface area contributed by atoms with E-state index in [4.69, 9.17) is 0 Å². The van der Waals surface area contributed by atoms with Gasteiger partial charge in [-0.1, -0.05) is 13.8 Å². The number of benzene rings is 1. The summed E-state index contributed by atoms with van der Waals surface area (Å²) in [5.41, 5.74) is -0.388. The predicted molar refractivity (Wildman–Crippen MR) is 80.6 cm³/mol. The molecular formula is C13H20N4O4. The number of non-ortho nitro benzene ring substituents is 1. The van der Waals surface area contributed by atoms with Gasteiger partial charge in [0.2, 0.25) is 0 Å². The lowest BCUT2D eigenvalue weighted by atomic mass is 9.93. The third-order valence-electron chi connectivity index (χ3n) is 2.89. The maximum atomic E-state index is 11.0. The summed E-state index contributed by atoms with van der Waals surface area (Å²) in [5, 5.41) is 24.7. The highest BCUT2D eigenvalue weighted by atomic mass is 16.6. The molecule has 8 heteroatoms. The smallest absolute Gasteiger partial charge is 0.299 e. The molecule has 1 rings (SSSR count). The van der Waals surface area contributed by atoms with E-state index in [9.17, 15) is 20.2 Å². The van der Waals surface area contributed by atoms with E-state index in [1.165, 1.54) is 12.1 Å². The van der Waals surface area contributed by atoms with Crippen LogP contribution in [0.4, 0.5) is 17.1 Å². The van der Waals surface area contributed by atoms with Crippen LogP contribution in [-0.2, 0) is 0 Å². The Morgan fingerprint density at radius 3 is 2.29 bits per heavy atom. The Balaban J connectivity index is 2.93. The summed E-state index contributed by atoms with van der Waals surface area (Å²) < 4.78 is 0. The third kappa shape index (κ3) is 4.99. The van der Waals surface area contributed by atoms with Gasteiger partial charge in [0.1, 0.15) is 5.69 Å². The Labute approximate surface area is 123 Å². The van der Waals surface area contributed by atoms with E-state index >= 15 is 0 Å². The van der Waals surface area contributed by atoms with Gasteiger partial charge in [0.05, 0.1) is 15.9 Å². The molecule has 0 fully saturated rings. The molecule has 8 nitrogen and oxygen atoms in total. The summed E-state index contributed by atoms with van der Waals surface area (Å²) >= 11 is 0. The summed E-state index contributed by atoms with van der Waals surface area (Å²) in [4.78, 5) is 22.5. The number of anilines is 1. The van der Waals surface area contributed by atoms with E-state index in [0.717, 1.165) is 12.6 Å². The lowest BCUT2D eigenvalue weighted by Crippen LogP contribution is -2.34. The number of hydrogen-bond donors (Lipinski definition) is 1. The minimum Gasteiger partial charge on any atom is -0.379 e. The predicted octanol–water partition coefficient (Wildman–Crippen LogP) is 2.50. The van der Waals surface area contributed by atoms with Gasteiger partial charge >= 0.3 is 0 Å². The van der Waals surface area contributed by atoms with Crippen LogP contribution in [0.25, 0.3) is 0 Å². The first-order chi connectivity index (χ1) is 9.62. The van der Waals surface area contributed by atoms with E-state index in [2.05, 4.69) is 5.32 Å². The summed E-state index contributed by atoms with van der Waals surface area (Å²) in [6.45, 7) is 5.40. The van der Waals surface area contributed by atoms with Crippen LogP contribution >= 0.6 is 0 Å². The molecule has 0 radical (unpaired) electrons. The maximum absolute atomic E-state index is 11.0. The molecule has 0 atom stereocenters. The van der Waals surface area contributed by atoms with Crippen molar-refractivity contribution in [3.63, 3.8) is 0 Å². The largest absolute Gasteiger partial charge is 0.379 e. The van der Waals surface area contributed by atoms with E-state index in [0.29, 0.717) is 6.54 Å². The maximum Gasteiger partial charge on any atom is 0.299 e. The standard InChI is InChI=1S/C13H20N4O4/c1-13(2,9-15(3)4)8-14-11-6-5-10(16(18)19)7-12(11)17(20)21/h5-7,14H,8-9H2,1-4H3. The van der Waals surface area contributed by atoms with Gasteiger partial charge in [-0.25, -0.2) is 0 Å². The van der Waals surface area contributed by atoms with Crippen molar-refractivity contribution in [3.8, 4) is 0 Å². The second kappa shape index (κ2) is 6.49. The van der Waals surface area contributed by atoms with Crippen LogP contribution in [0.5, 0.6) is 0 Å². The van der Waals surface area contributed by atoms with Gasteiger partial charge in [-0.05, 0) is 25.6 Å². The van der Waals surface area contributed by atoms with Crippen LogP contribution < -0.4 is 5.32 Å². The highest BCUT2D eigenvalue weighted by Gasteiger charge is 2.23. The number of nitrogens with one attached hydrogen (secondary N) is 1. The Morgan fingerprint density at radius 1 is 1.19 bits per heavy atom. The van der Waals surface area contributed by atoms with Crippen LogP contribution in [0.1, 0.15) is 13.8 Å². The molecule has 1 aromatic carbocycles. The highest BCUT2D eigenvalue weighted by Crippen LogP contribution is 2.30. The summed E-state index contributed by atoms with van der Waals surface area (Å²) in [7, 11) is 3.91. The quantitative estimate of drug-likeness (QED) is 0.612. The van der Waals surface area contributed by atoms with Crippen LogP contribution in [-0.4, -0.2) is 41.9 Å². The molecular weight excluding hydrogens is 276 g/mol. The Morgan fingerprint density at radius 2 is 1.81 bits per heavy atom. The van der Waals surface area contributed by atoms with Gasteiger partial charge in [-0.3, -0.25) is 20.2 Å². The van der Waals surface area contributed by atoms with Gasteiger partial charge in [-0.2, -0.15) is 0 Å². The van der Waals surface area contributed by atoms with Crippen molar-refractivity contribution in [3.05, 3.63) is 38.4 Å². The molecule has 1 N–H and O–H groups in total. The van der Waals surface area contributed by atoms with Crippen LogP contribution in [0.3, 0.4) is 0 Å². The van der Waals surface area contributed by atoms with Crippen molar-refractivity contribution in [2.24, 2.45) is 5.41 Å². The average Bonchev–Trinajstić information content (AvgIpc) is 2.34. The third-order valence-corrected chi connectivity index (χ3v) is 2.89. The van der Waals surface area contributed by atoms with E-state index in [1.54, 1.807) is 0 Å². The Bertz CT molecular complexity index is 543. The second-order valence-corrected chi connectivity index (χ2v) is 5.97. The summed E-state index contributed by atoms with van der Waals surface area (Å²) in [6.07, 6.45) is 0. The first-order valence-electron chi connectivity index (χ1n) is 6.44. The van der Waals surface area contributed by atoms with Gasteiger partial charge in [-0.15, -0.1) is 0 Å². The fourth-order valence-electron chi connectivity index (χ4n) is 2.18. The fourth-order valence-corrected chi connectivity index (χ4v) is 2.18. The van der Waals surface area contributed by atoms with Gasteiger partial charge in [0.15, 0.2) is 0 Å². The molecule has 0 aliphatic carbocycles. The number of nitrogens with zero attached hydrogens (tertiary/aromatic N) is 3. The van der Waals surface area contributed by atoms with Gasteiger partial charge in [0, 0.05) is 19.2 Å². The van der Waals surface area contributed by atoms with Crippen molar-refractivity contribution >= 4 is 17.1 Å². The second-order valence-electron chi connectivity index (χ2n) is 5.97. The van der Waals surface area contributed by atoms with E-state index in [1.807, 2.05) is 32.8 Å². The minimum atomic E-state index is -0.646. The summed E-state index contributed by atoms with van der Waals surface area (Å²) in [5.74, 6) is 0. The van der Waals surface area contributed by atoms with E-state index in [-0.39, 0.29) is 22.5 Å². The highest BCUT2D eigenvalue weighted by molar-refractivity contribution is 5.65. The van der Waals surface area contributed by atoms with Crippen LogP contribution in [0, 0.1) is 25.6 Å². The molecule has 0 spiro atoms. The molecule has 21 heavy (non-hydrogen) atoms. The topological polar surface area (TPSA) is 102 Å². The normalized spacial score (nSPS) is 11.5. The SMILES string of the molecule is CN(C)CC(C)(C)CNc1ccc([N+](=O)[O-])cc1[N+](=O)[O-]. The molecule has 116 valence electrons. The monoisotopic (exact) mass is 296 g/mol. The lowest BCUT2D eigenvalue weighted by molar-refractivity contribution is -0.393. The molecule has 0 saturated heterocycles. The molecule has 1 aromatic rings. The van der Waals surface area contributed by atoms with Crippen molar-refractivity contribution in [2.45, 2.75) is 13.8 Å². The molecule has 0 heterocycles.